The molecule has 0 amide bonds. The van der Waals surface area contributed by atoms with Gasteiger partial charge in [0.15, 0.2) is 0 Å². The van der Waals surface area contributed by atoms with Crippen molar-refractivity contribution in [1.82, 2.24) is 5.43 Å². The van der Waals surface area contributed by atoms with Gasteiger partial charge in [0, 0.05) is 6.04 Å². The first-order valence-electron chi connectivity index (χ1n) is 8.06. The zero-order valence-electron chi connectivity index (χ0n) is 13.0. The summed E-state index contributed by atoms with van der Waals surface area (Å²) in [4.78, 5) is 0. The van der Waals surface area contributed by atoms with Crippen LogP contribution in [-0.2, 0) is 11.8 Å². The summed E-state index contributed by atoms with van der Waals surface area (Å²) in [5.41, 5.74) is 6.13. The van der Waals surface area contributed by atoms with Crippen LogP contribution in [0.1, 0.15) is 51.2 Å². The fourth-order valence-corrected chi connectivity index (χ4v) is 4.17. The third-order valence-electron chi connectivity index (χ3n) is 5.43. The first-order chi connectivity index (χ1) is 9.50. The van der Waals surface area contributed by atoms with Gasteiger partial charge >= 0.3 is 0 Å². The van der Waals surface area contributed by atoms with Gasteiger partial charge in [-0.05, 0) is 53.6 Å². The van der Waals surface area contributed by atoms with Crippen LogP contribution in [0.3, 0.4) is 0 Å². The van der Waals surface area contributed by atoms with Crippen LogP contribution < -0.4 is 11.3 Å². The van der Waals surface area contributed by atoms with Crippen LogP contribution in [0, 0.1) is 17.8 Å². The second-order valence-corrected chi connectivity index (χ2v) is 7.76. The number of nitrogens with one attached hydrogen (secondary N) is 1. The van der Waals surface area contributed by atoms with Gasteiger partial charge in [-0.2, -0.15) is 0 Å². The molecule has 0 radical (unpaired) electrons. The zero-order valence-corrected chi connectivity index (χ0v) is 13.0. The molecule has 0 bridgehead atoms. The smallest absolute Gasteiger partial charge is 0.0284 e. The third kappa shape index (κ3) is 2.64. The molecule has 3 N–H and O–H groups in total. The Balaban J connectivity index is 1.64. The quantitative estimate of drug-likeness (QED) is 0.651. The molecular weight excluding hydrogens is 244 g/mol. The Morgan fingerprint density at radius 3 is 2.25 bits per heavy atom. The summed E-state index contributed by atoms with van der Waals surface area (Å²) in [6, 6.07) is 9.57. The predicted octanol–water partition coefficient (Wildman–Crippen LogP) is 3.40. The Hall–Kier alpha value is -0.860. The third-order valence-corrected chi connectivity index (χ3v) is 5.43. The molecule has 20 heavy (non-hydrogen) atoms. The molecule has 3 unspecified atom stereocenters. The number of nitrogens with two attached hydrogens (primary N) is 1. The van der Waals surface area contributed by atoms with Crippen LogP contribution >= 0.6 is 0 Å². The summed E-state index contributed by atoms with van der Waals surface area (Å²) >= 11 is 0. The van der Waals surface area contributed by atoms with Gasteiger partial charge in [0.1, 0.15) is 0 Å². The van der Waals surface area contributed by atoms with E-state index in [1.807, 2.05) is 0 Å². The highest BCUT2D eigenvalue weighted by molar-refractivity contribution is 5.28. The molecule has 2 nitrogen and oxygen atoms in total. The van der Waals surface area contributed by atoms with E-state index in [-0.39, 0.29) is 5.41 Å². The van der Waals surface area contributed by atoms with Crippen LogP contribution in [0.4, 0.5) is 0 Å². The first kappa shape index (κ1) is 14.1. The molecule has 1 aromatic rings. The second-order valence-electron chi connectivity index (χ2n) is 7.76. The van der Waals surface area contributed by atoms with E-state index >= 15 is 0 Å². The molecule has 2 aliphatic carbocycles. The van der Waals surface area contributed by atoms with Crippen molar-refractivity contribution in [2.45, 2.75) is 57.9 Å². The average molecular weight is 272 g/mol. The summed E-state index contributed by atoms with van der Waals surface area (Å²) in [5.74, 6) is 8.57. The van der Waals surface area contributed by atoms with Crippen LogP contribution in [0.2, 0.25) is 0 Å². The Morgan fingerprint density at radius 1 is 1.15 bits per heavy atom. The lowest BCUT2D eigenvalue weighted by Crippen LogP contribution is -2.39. The highest BCUT2D eigenvalue weighted by Crippen LogP contribution is 2.59. The van der Waals surface area contributed by atoms with E-state index in [2.05, 4.69) is 50.5 Å². The maximum atomic E-state index is 5.81. The summed E-state index contributed by atoms with van der Waals surface area (Å²) in [5, 5.41) is 0. The van der Waals surface area contributed by atoms with Gasteiger partial charge < -0.3 is 0 Å². The molecule has 0 spiro atoms. The molecule has 2 fully saturated rings. The molecule has 2 aliphatic rings. The minimum Gasteiger partial charge on any atom is -0.271 e. The molecule has 1 aromatic carbocycles. The van der Waals surface area contributed by atoms with Crippen molar-refractivity contribution >= 4 is 0 Å². The predicted molar refractivity (Wildman–Crippen MR) is 84.3 cm³/mol. The SMILES string of the molecule is CC(C)(C)c1ccc(CC(NN)C2C3CCCC32)cc1. The van der Waals surface area contributed by atoms with E-state index < -0.39 is 0 Å². The Morgan fingerprint density at radius 2 is 1.75 bits per heavy atom. The van der Waals surface area contributed by atoms with E-state index in [1.165, 1.54) is 30.4 Å². The summed E-state index contributed by atoms with van der Waals surface area (Å²) in [6.45, 7) is 6.78. The van der Waals surface area contributed by atoms with Crippen LogP contribution in [-0.4, -0.2) is 6.04 Å². The first-order valence-corrected chi connectivity index (χ1v) is 8.06. The van der Waals surface area contributed by atoms with Gasteiger partial charge in [-0.25, -0.2) is 0 Å². The van der Waals surface area contributed by atoms with Crippen molar-refractivity contribution < 1.29 is 0 Å². The zero-order chi connectivity index (χ0) is 14.3. The maximum Gasteiger partial charge on any atom is 0.0284 e. The van der Waals surface area contributed by atoms with Gasteiger partial charge in [0.25, 0.3) is 0 Å². The fourth-order valence-electron chi connectivity index (χ4n) is 4.17. The molecule has 2 heteroatoms. The monoisotopic (exact) mass is 272 g/mol. The van der Waals surface area contributed by atoms with E-state index in [4.69, 9.17) is 5.84 Å². The lowest BCUT2D eigenvalue weighted by atomic mass is 9.86. The highest BCUT2D eigenvalue weighted by Gasteiger charge is 2.55. The molecule has 0 aromatic heterocycles. The van der Waals surface area contributed by atoms with E-state index in [9.17, 15) is 0 Å². The molecule has 3 atom stereocenters. The van der Waals surface area contributed by atoms with Crippen LogP contribution in [0.15, 0.2) is 24.3 Å². The second kappa shape index (κ2) is 5.16. The van der Waals surface area contributed by atoms with Gasteiger partial charge in [0.2, 0.25) is 0 Å². The van der Waals surface area contributed by atoms with Gasteiger partial charge in [-0.15, -0.1) is 0 Å². The summed E-state index contributed by atoms with van der Waals surface area (Å²) in [6.07, 6.45) is 5.36. The number of hydrazine groups is 1. The van der Waals surface area contributed by atoms with Crippen molar-refractivity contribution in [2.75, 3.05) is 0 Å². The van der Waals surface area contributed by atoms with Gasteiger partial charge in [-0.1, -0.05) is 51.5 Å². The van der Waals surface area contributed by atoms with Crippen molar-refractivity contribution in [3.05, 3.63) is 35.4 Å². The minimum absolute atomic E-state index is 0.234. The lowest BCUT2D eigenvalue weighted by Gasteiger charge is -2.21. The summed E-state index contributed by atoms with van der Waals surface area (Å²) in [7, 11) is 0. The number of hydrogen-bond donors (Lipinski definition) is 2. The van der Waals surface area contributed by atoms with Crippen LogP contribution in [0.25, 0.3) is 0 Å². The van der Waals surface area contributed by atoms with Crippen molar-refractivity contribution in [1.29, 1.82) is 0 Å². The van der Waals surface area contributed by atoms with Crippen molar-refractivity contribution in [3.63, 3.8) is 0 Å². The molecule has 3 rings (SSSR count). The Bertz CT molecular complexity index is 447. The number of rotatable bonds is 4. The molecule has 0 aliphatic heterocycles. The number of benzene rings is 1. The van der Waals surface area contributed by atoms with E-state index in [0.717, 1.165) is 24.2 Å². The van der Waals surface area contributed by atoms with Crippen molar-refractivity contribution in [2.24, 2.45) is 23.6 Å². The molecule has 110 valence electrons. The highest BCUT2D eigenvalue weighted by atomic mass is 15.2. The molecule has 0 heterocycles. The van der Waals surface area contributed by atoms with E-state index in [1.54, 1.807) is 0 Å². The van der Waals surface area contributed by atoms with Crippen LogP contribution in [0.5, 0.6) is 0 Å². The Kier molecular flexibility index (Phi) is 3.64. The maximum absolute atomic E-state index is 5.81. The van der Waals surface area contributed by atoms with Gasteiger partial charge in [0.05, 0.1) is 0 Å². The van der Waals surface area contributed by atoms with Gasteiger partial charge in [-0.3, -0.25) is 11.3 Å². The van der Waals surface area contributed by atoms with E-state index in [0.29, 0.717) is 6.04 Å². The fraction of sp³-hybridized carbons (Fsp3) is 0.667. The topological polar surface area (TPSA) is 38.0 Å². The normalized spacial score (nSPS) is 30.1. The number of fused-ring (bicyclic) bond motifs is 1. The minimum atomic E-state index is 0.234. The molecule has 0 saturated heterocycles. The number of hydrogen-bond acceptors (Lipinski definition) is 2. The van der Waals surface area contributed by atoms with Crippen molar-refractivity contribution in [3.8, 4) is 0 Å². The Labute approximate surface area is 123 Å². The average Bonchev–Trinajstić information content (AvgIpc) is 2.88. The molecule has 2 saturated carbocycles. The molecular formula is C18H28N2. The largest absolute Gasteiger partial charge is 0.271 e. The summed E-state index contributed by atoms with van der Waals surface area (Å²) < 4.78 is 0. The lowest BCUT2D eigenvalue weighted by molar-refractivity contribution is 0.410. The standard InChI is InChI=1S/C18H28N2/c1-18(2,3)13-9-7-12(8-10-13)11-16(20-19)17-14-5-4-6-15(14)17/h7-10,14-17,20H,4-6,11,19H2,1-3H3.